The molecule has 0 fully saturated rings. The third-order valence-corrected chi connectivity index (χ3v) is 8.01. The van der Waals surface area contributed by atoms with Gasteiger partial charge in [-0.3, -0.25) is 19.9 Å². The van der Waals surface area contributed by atoms with Gasteiger partial charge in [-0.05, 0) is 104 Å². The van der Waals surface area contributed by atoms with E-state index >= 15 is 0 Å². The Balaban J connectivity index is 0.000000300. The molecular formula is C36H52Cl3N8Ru. The molecule has 0 radical (unpaired) electrons. The number of nitrogens with zero attached hydrogens (tertiary/aromatic N) is 8. The Bertz CT molecular complexity index is 1250. The second-order valence-electron chi connectivity index (χ2n) is 10.4. The molecule has 0 unspecified atom stereocenters. The van der Waals surface area contributed by atoms with E-state index in [9.17, 15) is 0 Å². The maximum atomic E-state index is 4.95. The molecule has 0 aliphatic carbocycles. The van der Waals surface area contributed by atoms with Crippen molar-refractivity contribution < 1.29 is 13.0 Å². The van der Waals surface area contributed by atoms with Crippen LogP contribution in [-0.4, -0.2) is 72.3 Å². The minimum absolute atomic E-state index is 0.929. The Morgan fingerprint density at radius 1 is 0.396 bits per heavy atom. The summed E-state index contributed by atoms with van der Waals surface area (Å²) in [4.78, 5) is 27.3. The van der Waals surface area contributed by atoms with E-state index in [1.54, 1.807) is 0 Å². The molecule has 12 heteroatoms. The van der Waals surface area contributed by atoms with E-state index < -0.39 is 13.0 Å². The van der Waals surface area contributed by atoms with Gasteiger partial charge in [0.1, 0.15) is 0 Å². The number of hydrogen-bond donors (Lipinski definition) is 0. The molecule has 0 bridgehead atoms. The van der Waals surface area contributed by atoms with Gasteiger partial charge in [0.25, 0.3) is 0 Å². The van der Waals surface area contributed by atoms with Crippen LogP contribution in [0.15, 0.2) is 73.3 Å². The number of aromatic nitrogens is 4. The standard InChI is InChI=1S/2C18H26N4.3ClH.Ru/c2*1-5-21(6-2)15-9-11-19-17(13-15)18-14-16(10-12-20-18)22(7-3)8-4;;;;/h2*9-14H,5-8H2,1-4H3;3*1H;/q;;;;;+3/p-3. The predicted octanol–water partition coefficient (Wildman–Crippen LogP) is 9.74. The van der Waals surface area contributed by atoms with Gasteiger partial charge in [-0.25, -0.2) is 0 Å². The molecule has 0 aliphatic rings. The van der Waals surface area contributed by atoms with Crippen molar-refractivity contribution in [2.45, 2.75) is 55.4 Å². The predicted molar refractivity (Wildman–Crippen MR) is 207 cm³/mol. The van der Waals surface area contributed by atoms with Crippen molar-refractivity contribution in [1.82, 2.24) is 19.9 Å². The molecule has 0 spiro atoms. The van der Waals surface area contributed by atoms with Crippen LogP contribution < -0.4 is 19.6 Å². The van der Waals surface area contributed by atoms with E-state index in [2.05, 4.69) is 143 Å². The fourth-order valence-corrected chi connectivity index (χ4v) is 5.38. The Morgan fingerprint density at radius 2 is 0.562 bits per heavy atom. The number of rotatable bonds is 14. The van der Waals surface area contributed by atoms with Crippen LogP contribution in [0.25, 0.3) is 22.8 Å². The van der Waals surface area contributed by atoms with Crippen LogP contribution in [0.1, 0.15) is 55.4 Å². The molecule has 4 aromatic rings. The summed E-state index contributed by atoms with van der Waals surface area (Å²) < 4.78 is 0. The van der Waals surface area contributed by atoms with E-state index in [-0.39, 0.29) is 0 Å². The summed E-state index contributed by atoms with van der Waals surface area (Å²) in [6, 6.07) is 16.7. The minimum atomic E-state index is -1.75. The molecule has 0 aromatic carbocycles. The zero-order chi connectivity index (χ0) is 35.5. The SMILES string of the molecule is CCN(CC)c1ccnc(-c2cc(N(CC)CC)ccn2)c1.CCN(CC)c1ccnc(-c2cc(N(CC)CC)ccn2)c1.[Cl][Ru]([Cl])[Cl]. The summed E-state index contributed by atoms with van der Waals surface area (Å²) in [6.45, 7) is 25.3. The summed E-state index contributed by atoms with van der Waals surface area (Å²) in [5, 5.41) is 0. The quantitative estimate of drug-likeness (QED) is 0.117. The first-order valence-electron chi connectivity index (χ1n) is 16.7. The van der Waals surface area contributed by atoms with E-state index in [1.807, 2.05) is 24.8 Å². The average molecular weight is 804 g/mol. The van der Waals surface area contributed by atoms with Crippen LogP contribution in [0.3, 0.4) is 0 Å². The molecule has 0 aliphatic heterocycles. The summed E-state index contributed by atoms with van der Waals surface area (Å²) in [7, 11) is 14.8. The normalized spacial score (nSPS) is 10.6. The van der Waals surface area contributed by atoms with Gasteiger partial charge in [0.05, 0.1) is 22.8 Å². The Labute approximate surface area is 306 Å². The zero-order valence-corrected chi connectivity index (χ0v) is 33.7. The van der Waals surface area contributed by atoms with E-state index in [4.69, 9.17) is 29.1 Å². The fourth-order valence-electron chi connectivity index (χ4n) is 5.38. The Hall–Kier alpha value is -2.71. The van der Waals surface area contributed by atoms with Crippen molar-refractivity contribution in [3.63, 3.8) is 0 Å². The topological polar surface area (TPSA) is 64.5 Å². The second kappa shape index (κ2) is 22.8. The fraction of sp³-hybridized carbons (Fsp3) is 0.444. The maximum absolute atomic E-state index is 4.95. The average Bonchev–Trinajstić information content (AvgIpc) is 3.11. The number of hydrogen-bond acceptors (Lipinski definition) is 8. The first-order chi connectivity index (χ1) is 23.2. The molecule has 0 amide bonds. The van der Waals surface area contributed by atoms with Crippen LogP contribution >= 0.6 is 29.1 Å². The first kappa shape index (κ1) is 41.5. The monoisotopic (exact) mass is 803 g/mol. The van der Waals surface area contributed by atoms with Gasteiger partial charge in [-0.2, -0.15) is 0 Å². The van der Waals surface area contributed by atoms with Gasteiger partial charge in [0, 0.05) is 99.9 Å². The van der Waals surface area contributed by atoms with Crippen molar-refractivity contribution in [3.8, 4) is 22.8 Å². The summed E-state index contributed by atoms with van der Waals surface area (Å²) in [6.07, 6.45) is 7.48. The van der Waals surface area contributed by atoms with Gasteiger partial charge < -0.3 is 19.6 Å². The van der Waals surface area contributed by atoms with E-state index in [0.717, 1.165) is 75.1 Å². The molecule has 4 heterocycles. The van der Waals surface area contributed by atoms with Gasteiger partial charge in [-0.1, -0.05) is 0 Å². The molecule has 0 saturated carbocycles. The van der Waals surface area contributed by atoms with Crippen molar-refractivity contribution in [2.24, 2.45) is 0 Å². The van der Waals surface area contributed by atoms with Crippen LogP contribution in [-0.2, 0) is 13.0 Å². The van der Waals surface area contributed by atoms with Crippen molar-refractivity contribution in [2.75, 3.05) is 72.0 Å². The van der Waals surface area contributed by atoms with Gasteiger partial charge in [0.15, 0.2) is 0 Å². The Morgan fingerprint density at radius 3 is 0.708 bits per heavy atom. The summed E-state index contributed by atoms with van der Waals surface area (Å²) in [5.41, 5.74) is 8.51. The summed E-state index contributed by atoms with van der Waals surface area (Å²) >= 11 is -1.75. The first-order valence-corrected chi connectivity index (χ1v) is 23.4. The molecule has 8 nitrogen and oxygen atoms in total. The van der Waals surface area contributed by atoms with Gasteiger partial charge in [0.2, 0.25) is 0 Å². The number of halogens is 3. The molecule has 0 N–H and O–H groups in total. The molecule has 265 valence electrons. The van der Waals surface area contributed by atoms with Crippen LogP contribution in [0.4, 0.5) is 22.7 Å². The van der Waals surface area contributed by atoms with Crippen LogP contribution in [0.5, 0.6) is 0 Å². The van der Waals surface area contributed by atoms with Crippen LogP contribution in [0, 0.1) is 0 Å². The molecule has 4 aromatic heterocycles. The molecule has 48 heavy (non-hydrogen) atoms. The zero-order valence-electron chi connectivity index (χ0n) is 29.7. The van der Waals surface area contributed by atoms with E-state index in [1.165, 1.54) is 22.7 Å². The van der Waals surface area contributed by atoms with Crippen molar-refractivity contribution in [1.29, 1.82) is 0 Å². The second-order valence-corrected chi connectivity index (χ2v) is 18.4. The third kappa shape index (κ3) is 13.0. The third-order valence-electron chi connectivity index (χ3n) is 8.01. The number of anilines is 4. The van der Waals surface area contributed by atoms with Crippen LogP contribution in [0.2, 0.25) is 0 Å². The molecule has 0 saturated heterocycles. The van der Waals surface area contributed by atoms with E-state index in [0.29, 0.717) is 0 Å². The van der Waals surface area contributed by atoms with Crippen molar-refractivity contribution in [3.05, 3.63) is 73.3 Å². The number of pyridine rings is 4. The van der Waals surface area contributed by atoms with Gasteiger partial charge in [-0.15, -0.1) is 0 Å². The molecular weight excluding hydrogens is 752 g/mol. The van der Waals surface area contributed by atoms with Crippen molar-refractivity contribution >= 4 is 51.8 Å². The molecule has 4 rings (SSSR count). The van der Waals surface area contributed by atoms with Gasteiger partial charge >= 0.3 is 42.1 Å². The summed E-state index contributed by atoms with van der Waals surface area (Å²) in [5.74, 6) is 0. The molecule has 0 atom stereocenters. The Kier molecular flexibility index (Phi) is 19.7.